The van der Waals surface area contributed by atoms with Crippen molar-refractivity contribution in [1.82, 2.24) is 24.6 Å². The van der Waals surface area contributed by atoms with Crippen LogP contribution in [0, 0.1) is 0 Å². The fraction of sp³-hybridized carbons (Fsp3) is 0.263. The van der Waals surface area contributed by atoms with Gasteiger partial charge >= 0.3 is 0 Å². The summed E-state index contributed by atoms with van der Waals surface area (Å²) in [5.74, 6) is 0.709. The van der Waals surface area contributed by atoms with E-state index in [1.807, 2.05) is 54.8 Å². The molecule has 0 radical (unpaired) electrons. The van der Waals surface area contributed by atoms with Gasteiger partial charge < -0.3 is 5.32 Å². The standard InChI is InChI=1S/C19H20Cl2N6OS/c1-12(26(2)3)18-24-25-19(27(18)14-8-6-13(20)7-9-14)29-11-16(28)23-15-5-4-10-22-17(15)21/h4-10,12H,11H2,1-3H3,(H,23,28). The molecule has 1 unspecified atom stereocenters. The zero-order chi connectivity index (χ0) is 21.0. The maximum Gasteiger partial charge on any atom is 0.234 e. The number of pyridine rings is 1. The van der Waals surface area contributed by atoms with Gasteiger partial charge in [-0.1, -0.05) is 35.0 Å². The second-order valence-electron chi connectivity index (χ2n) is 6.47. The minimum atomic E-state index is -0.210. The van der Waals surface area contributed by atoms with Crippen molar-refractivity contribution in [3.8, 4) is 5.69 Å². The topological polar surface area (TPSA) is 75.9 Å². The zero-order valence-electron chi connectivity index (χ0n) is 16.1. The summed E-state index contributed by atoms with van der Waals surface area (Å²) in [5, 5.41) is 12.9. The van der Waals surface area contributed by atoms with E-state index >= 15 is 0 Å². The van der Waals surface area contributed by atoms with E-state index in [0.717, 1.165) is 11.5 Å². The molecule has 0 fully saturated rings. The summed E-state index contributed by atoms with van der Waals surface area (Å²) in [4.78, 5) is 18.4. The van der Waals surface area contributed by atoms with Crippen LogP contribution in [-0.2, 0) is 4.79 Å². The van der Waals surface area contributed by atoms with Gasteiger partial charge in [-0.3, -0.25) is 14.3 Å². The Balaban J connectivity index is 1.82. The van der Waals surface area contributed by atoms with Gasteiger partial charge in [0.25, 0.3) is 0 Å². The average molecular weight is 451 g/mol. The van der Waals surface area contributed by atoms with Gasteiger partial charge in [-0.2, -0.15) is 0 Å². The molecule has 0 saturated heterocycles. The summed E-state index contributed by atoms with van der Waals surface area (Å²) in [6, 6.07) is 10.9. The Morgan fingerprint density at radius 2 is 1.93 bits per heavy atom. The highest BCUT2D eigenvalue weighted by Gasteiger charge is 2.21. The zero-order valence-corrected chi connectivity index (χ0v) is 18.5. The van der Waals surface area contributed by atoms with Gasteiger partial charge in [-0.15, -0.1) is 10.2 Å². The summed E-state index contributed by atoms with van der Waals surface area (Å²) in [6.45, 7) is 2.04. The van der Waals surface area contributed by atoms with Crippen LogP contribution in [0.2, 0.25) is 10.2 Å². The van der Waals surface area contributed by atoms with Crippen LogP contribution < -0.4 is 5.32 Å². The lowest BCUT2D eigenvalue weighted by Crippen LogP contribution is -2.21. The van der Waals surface area contributed by atoms with Gasteiger partial charge in [-0.05, 0) is 57.4 Å². The van der Waals surface area contributed by atoms with Crippen molar-refractivity contribution in [2.75, 3.05) is 25.2 Å². The molecular weight excluding hydrogens is 431 g/mol. The number of hydrogen-bond acceptors (Lipinski definition) is 6. The van der Waals surface area contributed by atoms with Crippen molar-refractivity contribution in [1.29, 1.82) is 0 Å². The first-order valence-electron chi connectivity index (χ1n) is 8.77. The number of amides is 1. The number of thioether (sulfide) groups is 1. The highest BCUT2D eigenvalue weighted by Crippen LogP contribution is 2.28. The van der Waals surface area contributed by atoms with E-state index < -0.39 is 0 Å². The molecule has 0 aliphatic carbocycles. The van der Waals surface area contributed by atoms with Gasteiger partial charge in [0.2, 0.25) is 5.91 Å². The third-order valence-electron chi connectivity index (χ3n) is 4.26. The first-order valence-corrected chi connectivity index (χ1v) is 10.5. The van der Waals surface area contributed by atoms with Gasteiger partial charge in [0.05, 0.1) is 17.5 Å². The molecule has 1 N–H and O–H groups in total. The fourth-order valence-electron chi connectivity index (χ4n) is 2.50. The average Bonchev–Trinajstić information content (AvgIpc) is 3.12. The third-order valence-corrected chi connectivity index (χ3v) is 5.74. The number of benzene rings is 1. The van der Waals surface area contributed by atoms with Crippen molar-refractivity contribution in [3.63, 3.8) is 0 Å². The van der Waals surface area contributed by atoms with E-state index in [-0.39, 0.29) is 22.9 Å². The number of hydrogen-bond donors (Lipinski definition) is 1. The number of anilines is 1. The summed E-state index contributed by atoms with van der Waals surface area (Å²) >= 11 is 13.3. The van der Waals surface area contributed by atoms with Crippen LogP contribution >= 0.6 is 35.0 Å². The Morgan fingerprint density at radius 3 is 2.59 bits per heavy atom. The molecule has 29 heavy (non-hydrogen) atoms. The van der Waals surface area contributed by atoms with E-state index in [1.165, 1.54) is 11.8 Å². The van der Waals surface area contributed by atoms with Crippen LogP contribution in [0.4, 0.5) is 5.69 Å². The summed E-state index contributed by atoms with van der Waals surface area (Å²) < 4.78 is 1.94. The molecule has 10 heteroatoms. The number of carbonyl (C=O) groups excluding carboxylic acids is 1. The predicted octanol–water partition coefficient (Wildman–Crippen LogP) is 4.32. The minimum absolute atomic E-state index is 0.0237. The van der Waals surface area contributed by atoms with Gasteiger partial charge in [0.15, 0.2) is 16.1 Å². The number of carbonyl (C=O) groups is 1. The molecule has 0 spiro atoms. The van der Waals surface area contributed by atoms with E-state index in [0.29, 0.717) is 15.9 Å². The Kier molecular flexibility index (Phi) is 7.13. The Bertz CT molecular complexity index is 993. The molecule has 2 heterocycles. The molecule has 1 atom stereocenters. The van der Waals surface area contributed by atoms with Gasteiger partial charge in [0.1, 0.15) is 0 Å². The SMILES string of the molecule is CC(c1nnc(SCC(=O)Nc2cccnc2Cl)n1-c1ccc(Cl)cc1)N(C)C. The normalized spacial score (nSPS) is 12.2. The quantitative estimate of drug-likeness (QED) is 0.426. The maximum atomic E-state index is 12.4. The Hall–Kier alpha value is -2.13. The van der Waals surface area contributed by atoms with Crippen LogP contribution in [0.5, 0.6) is 0 Å². The largest absolute Gasteiger partial charge is 0.323 e. The summed E-state index contributed by atoms with van der Waals surface area (Å²) in [5.41, 5.74) is 1.35. The maximum absolute atomic E-state index is 12.4. The minimum Gasteiger partial charge on any atom is -0.323 e. The van der Waals surface area contributed by atoms with E-state index in [1.54, 1.807) is 18.3 Å². The van der Waals surface area contributed by atoms with Crippen LogP contribution in [0.3, 0.4) is 0 Å². The smallest absolute Gasteiger partial charge is 0.234 e. The number of halogens is 2. The van der Waals surface area contributed by atoms with Crippen molar-refractivity contribution in [2.45, 2.75) is 18.1 Å². The molecular formula is C19H20Cl2N6OS. The molecule has 0 aliphatic heterocycles. The lowest BCUT2D eigenvalue weighted by atomic mass is 10.2. The van der Waals surface area contributed by atoms with E-state index in [2.05, 4.69) is 20.5 Å². The number of nitrogens with one attached hydrogen (secondary N) is 1. The Labute approximate surface area is 183 Å². The van der Waals surface area contributed by atoms with Crippen LogP contribution in [0.15, 0.2) is 47.8 Å². The van der Waals surface area contributed by atoms with Gasteiger partial charge in [0, 0.05) is 16.9 Å². The predicted molar refractivity (Wildman–Crippen MR) is 117 cm³/mol. The number of nitrogens with zero attached hydrogens (tertiary/aromatic N) is 5. The molecule has 3 aromatic rings. The second kappa shape index (κ2) is 9.58. The number of rotatable bonds is 7. The van der Waals surface area contributed by atoms with E-state index in [9.17, 15) is 4.79 Å². The molecule has 152 valence electrons. The van der Waals surface area contributed by atoms with Crippen molar-refractivity contribution in [3.05, 3.63) is 58.6 Å². The molecule has 0 saturated carbocycles. The molecule has 3 rings (SSSR count). The van der Waals surface area contributed by atoms with E-state index in [4.69, 9.17) is 23.2 Å². The lowest BCUT2D eigenvalue weighted by Gasteiger charge is -2.20. The molecule has 0 aliphatic rings. The molecule has 1 amide bonds. The highest BCUT2D eigenvalue weighted by molar-refractivity contribution is 7.99. The third kappa shape index (κ3) is 5.27. The van der Waals surface area contributed by atoms with Crippen LogP contribution in [0.1, 0.15) is 18.8 Å². The van der Waals surface area contributed by atoms with Crippen molar-refractivity contribution in [2.24, 2.45) is 0 Å². The first kappa shape index (κ1) is 21.6. The first-order chi connectivity index (χ1) is 13.9. The van der Waals surface area contributed by atoms with Gasteiger partial charge in [-0.25, -0.2) is 4.98 Å². The second-order valence-corrected chi connectivity index (χ2v) is 8.21. The fourth-order valence-corrected chi connectivity index (χ4v) is 3.56. The molecule has 7 nitrogen and oxygen atoms in total. The monoisotopic (exact) mass is 450 g/mol. The molecule has 1 aromatic carbocycles. The highest BCUT2D eigenvalue weighted by atomic mass is 35.5. The molecule has 2 aromatic heterocycles. The molecule has 0 bridgehead atoms. The summed E-state index contributed by atoms with van der Waals surface area (Å²) in [6.07, 6.45) is 1.56. The van der Waals surface area contributed by atoms with Crippen LogP contribution in [0.25, 0.3) is 5.69 Å². The lowest BCUT2D eigenvalue weighted by molar-refractivity contribution is -0.113. The Morgan fingerprint density at radius 1 is 1.21 bits per heavy atom. The van der Waals surface area contributed by atoms with Crippen LogP contribution in [-0.4, -0.2) is 50.4 Å². The van der Waals surface area contributed by atoms with Crippen molar-refractivity contribution < 1.29 is 4.79 Å². The summed E-state index contributed by atoms with van der Waals surface area (Å²) in [7, 11) is 3.95. The number of aromatic nitrogens is 4. The van der Waals surface area contributed by atoms with Crippen molar-refractivity contribution >= 4 is 46.6 Å².